The zero-order valence-corrected chi connectivity index (χ0v) is 10.3. The van der Waals surface area contributed by atoms with Crippen molar-refractivity contribution < 1.29 is 4.79 Å². The molecule has 0 amide bonds. The van der Waals surface area contributed by atoms with Crippen LogP contribution in [-0.2, 0) is 4.79 Å². The van der Waals surface area contributed by atoms with Gasteiger partial charge in [0.1, 0.15) is 5.78 Å². The van der Waals surface area contributed by atoms with Crippen molar-refractivity contribution in [2.45, 2.75) is 38.3 Å². The Morgan fingerprint density at radius 2 is 2.06 bits per heavy atom. The van der Waals surface area contributed by atoms with E-state index in [9.17, 15) is 4.79 Å². The van der Waals surface area contributed by atoms with E-state index >= 15 is 0 Å². The van der Waals surface area contributed by atoms with E-state index in [1.54, 1.807) is 0 Å². The molecule has 16 heavy (non-hydrogen) atoms. The van der Waals surface area contributed by atoms with Crippen molar-refractivity contribution in [1.82, 2.24) is 5.32 Å². The van der Waals surface area contributed by atoms with Crippen molar-refractivity contribution in [3.8, 4) is 0 Å². The summed E-state index contributed by atoms with van der Waals surface area (Å²) in [4.78, 5) is 11.7. The molecule has 86 valence electrons. The molecule has 1 N–H and O–H groups in total. The molecule has 0 bridgehead atoms. The Kier molecular flexibility index (Phi) is 3.04. The standard InChI is InChI=1S/C13H16ClNO/c1-13(2)8-9(16)7-12(15-13)10-5-3-4-6-11(10)14/h3-6,12,15H,7-8H2,1-2H3/t12-/m1/s1. The molecule has 3 heteroatoms. The van der Waals surface area contributed by atoms with Gasteiger partial charge in [-0.15, -0.1) is 0 Å². The number of ketones is 1. The van der Waals surface area contributed by atoms with Gasteiger partial charge in [0.05, 0.1) is 0 Å². The van der Waals surface area contributed by atoms with E-state index in [0.29, 0.717) is 18.6 Å². The molecule has 1 aliphatic rings. The summed E-state index contributed by atoms with van der Waals surface area (Å²) in [5.74, 6) is 0.300. The fourth-order valence-corrected chi connectivity index (χ4v) is 2.58. The summed E-state index contributed by atoms with van der Waals surface area (Å²) in [6.45, 7) is 4.10. The van der Waals surface area contributed by atoms with Gasteiger partial charge in [0.2, 0.25) is 0 Å². The summed E-state index contributed by atoms with van der Waals surface area (Å²) in [6, 6.07) is 7.75. The van der Waals surface area contributed by atoms with E-state index in [-0.39, 0.29) is 11.6 Å². The predicted molar refractivity (Wildman–Crippen MR) is 65.6 cm³/mol. The SMILES string of the molecule is CC1(C)CC(=O)C[C@H](c2ccccc2Cl)N1. The highest BCUT2D eigenvalue weighted by atomic mass is 35.5. The highest BCUT2D eigenvalue weighted by Crippen LogP contribution is 2.32. The van der Waals surface area contributed by atoms with E-state index in [1.165, 1.54) is 0 Å². The van der Waals surface area contributed by atoms with Crippen LogP contribution in [0.4, 0.5) is 0 Å². The second kappa shape index (κ2) is 4.19. The van der Waals surface area contributed by atoms with Gasteiger partial charge in [-0.25, -0.2) is 0 Å². The Balaban J connectivity index is 2.28. The largest absolute Gasteiger partial charge is 0.304 e. The monoisotopic (exact) mass is 237 g/mol. The van der Waals surface area contributed by atoms with Gasteiger partial charge in [-0.05, 0) is 25.5 Å². The first-order chi connectivity index (χ1) is 7.48. The quantitative estimate of drug-likeness (QED) is 0.813. The molecule has 0 unspecified atom stereocenters. The molecule has 0 spiro atoms. The van der Waals surface area contributed by atoms with Crippen LogP contribution in [0.1, 0.15) is 38.3 Å². The normalized spacial score (nSPS) is 24.4. The van der Waals surface area contributed by atoms with Gasteiger partial charge >= 0.3 is 0 Å². The van der Waals surface area contributed by atoms with Crippen LogP contribution in [0.15, 0.2) is 24.3 Å². The highest BCUT2D eigenvalue weighted by Gasteiger charge is 2.33. The summed E-state index contributed by atoms with van der Waals surface area (Å²) in [6.07, 6.45) is 1.13. The number of rotatable bonds is 1. The van der Waals surface area contributed by atoms with E-state index in [1.807, 2.05) is 38.1 Å². The topological polar surface area (TPSA) is 29.1 Å². The number of piperidine rings is 1. The minimum absolute atomic E-state index is 0.0462. The fourth-order valence-electron chi connectivity index (χ4n) is 2.31. The first kappa shape index (κ1) is 11.6. The first-order valence-electron chi connectivity index (χ1n) is 5.52. The van der Waals surface area contributed by atoms with Crippen LogP contribution < -0.4 is 5.32 Å². The van der Waals surface area contributed by atoms with Gasteiger partial charge in [-0.2, -0.15) is 0 Å². The van der Waals surface area contributed by atoms with Crippen molar-refractivity contribution in [2.75, 3.05) is 0 Å². The van der Waals surface area contributed by atoms with Gasteiger partial charge in [0.15, 0.2) is 0 Å². The summed E-state index contributed by atoms with van der Waals surface area (Å²) in [5, 5.41) is 4.20. The Morgan fingerprint density at radius 3 is 2.69 bits per heavy atom. The van der Waals surface area contributed by atoms with E-state index < -0.39 is 0 Å². The number of benzene rings is 1. The molecule has 1 fully saturated rings. The lowest BCUT2D eigenvalue weighted by molar-refractivity contribution is -0.122. The number of carbonyl (C=O) groups excluding carboxylic acids is 1. The molecule has 0 aliphatic carbocycles. The third-order valence-electron chi connectivity index (χ3n) is 2.92. The van der Waals surface area contributed by atoms with E-state index in [0.717, 1.165) is 10.6 Å². The molecular formula is C13H16ClNO. The molecule has 1 aliphatic heterocycles. The summed E-state index contributed by atoms with van der Waals surface area (Å²) in [7, 11) is 0. The molecule has 0 aromatic heterocycles. The summed E-state index contributed by atoms with van der Waals surface area (Å²) >= 11 is 6.15. The molecule has 1 atom stereocenters. The molecule has 1 saturated heterocycles. The van der Waals surface area contributed by atoms with Crippen molar-refractivity contribution in [3.63, 3.8) is 0 Å². The summed E-state index contributed by atoms with van der Waals surface area (Å²) in [5.41, 5.74) is 0.879. The average molecular weight is 238 g/mol. The Hall–Kier alpha value is -0.860. The second-order valence-electron chi connectivity index (χ2n) is 5.02. The van der Waals surface area contributed by atoms with E-state index in [4.69, 9.17) is 11.6 Å². The van der Waals surface area contributed by atoms with Crippen LogP contribution in [0.2, 0.25) is 5.02 Å². The number of Topliss-reactive ketones (excluding diaryl/α,β-unsaturated/α-hetero) is 1. The van der Waals surface area contributed by atoms with Crippen LogP contribution >= 0.6 is 11.6 Å². The van der Waals surface area contributed by atoms with Gasteiger partial charge in [-0.3, -0.25) is 4.79 Å². The van der Waals surface area contributed by atoms with E-state index in [2.05, 4.69) is 5.32 Å². The number of hydrogen-bond donors (Lipinski definition) is 1. The molecule has 2 nitrogen and oxygen atoms in total. The lowest BCUT2D eigenvalue weighted by Crippen LogP contribution is -2.48. The second-order valence-corrected chi connectivity index (χ2v) is 5.43. The van der Waals surface area contributed by atoms with Gasteiger partial charge < -0.3 is 5.32 Å². The lowest BCUT2D eigenvalue weighted by atomic mass is 9.85. The third-order valence-corrected chi connectivity index (χ3v) is 3.26. The minimum Gasteiger partial charge on any atom is -0.304 e. The number of nitrogens with one attached hydrogen (secondary N) is 1. The van der Waals surface area contributed by atoms with Crippen LogP contribution in [0, 0.1) is 0 Å². The van der Waals surface area contributed by atoms with Crippen LogP contribution in [0.3, 0.4) is 0 Å². The molecule has 2 rings (SSSR count). The Bertz CT molecular complexity index is 414. The zero-order chi connectivity index (χ0) is 11.8. The van der Waals surface area contributed by atoms with Crippen LogP contribution in [0.25, 0.3) is 0 Å². The number of carbonyl (C=O) groups is 1. The molecule has 0 saturated carbocycles. The number of halogens is 1. The lowest BCUT2D eigenvalue weighted by Gasteiger charge is -2.36. The maximum atomic E-state index is 11.7. The zero-order valence-electron chi connectivity index (χ0n) is 9.59. The maximum Gasteiger partial charge on any atom is 0.136 e. The molecular weight excluding hydrogens is 222 g/mol. The minimum atomic E-state index is -0.140. The van der Waals surface area contributed by atoms with Crippen molar-refractivity contribution in [3.05, 3.63) is 34.9 Å². The third kappa shape index (κ3) is 2.45. The fraction of sp³-hybridized carbons (Fsp3) is 0.462. The predicted octanol–water partition coefficient (Wildman–Crippen LogP) is 3.11. The summed E-state index contributed by atoms with van der Waals surface area (Å²) < 4.78 is 0. The van der Waals surface area contributed by atoms with Gasteiger partial charge in [-0.1, -0.05) is 29.8 Å². The van der Waals surface area contributed by atoms with Gasteiger partial charge in [0, 0.05) is 29.4 Å². The number of hydrogen-bond acceptors (Lipinski definition) is 2. The van der Waals surface area contributed by atoms with Crippen molar-refractivity contribution >= 4 is 17.4 Å². The first-order valence-corrected chi connectivity index (χ1v) is 5.89. The molecule has 0 radical (unpaired) electrons. The van der Waals surface area contributed by atoms with Crippen molar-refractivity contribution in [2.24, 2.45) is 0 Å². The Labute approximate surface area is 101 Å². The molecule has 1 aromatic carbocycles. The molecule has 1 heterocycles. The van der Waals surface area contributed by atoms with Crippen LogP contribution in [0.5, 0.6) is 0 Å². The maximum absolute atomic E-state index is 11.7. The Morgan fingerprint density at radius 1 is 1.38 bits per heavy atom. The highest BCUT2D eigenvalue weighted by molar-refractivity contribution is 6.31. The smallest absolute Gasteiger partial charge is 0.136 e. The van der Waals surface area contributed by atoms with Crippen LogP contribution in [-0.4, -0.2) is 11.3 Å². The average Bonchev–Trinajstić information content (AvgIpc) is 2.15. The van der Waals surface area contributed by atoms with Crippen molar-refractivity contribution in [1.29, 1.82) is 0 Å². The van der Waals surface area contributed by atoms with Gasteiger partial charge in [0.25, 0.3) is 0 Å². The molecule has 1 aromatic rings.